The second-order valence-electron chi connectivity index (χ2n) is 12.1. The van der Waals surface area contributed by atoms with Gasteiger partial charge in [-0.15, -0.1) is 0 Å². The Morgan fingerprint density at radius 1 is 0.571 bits per heavy atom. The molecule has 0 fully saturated rings. The fourth-order valence-electron chi connectivity index (χ4n) is 5.10. The van der Waals surface area contributed by atoms with E-state index >= 15 is 0 Å². The molecule has 5 heteroatoms. The van der Waals surface area contributed by atoms with Gasteiger partial charge in [0, 0.05) is 0 Å². The molecule has 4 N–H and O–H groups in total. The molecule has 0 saturated carbocycles. The summed E-state index contributed by atoms with van der Waals surface area (Å²) in [5, 5.41) is 32.8. The first kappa shape index (κ1) is 40.6. The van der Waals surface area contributed by atoms with Crippen molar-refractivity contribution in [3.63, 3.8) is 0 Å². The summed E-state index contributed by atoms with van der Waals surface area (Å²) in [4.78, 5) is 12.3. The van der Waals surface area contributed by atoms with Crippen LogP contribution in [-0.4, -0.2) is 46.1 Å². The van der Waals surface area contributed by atoms with Gasteiger partial charge in [0.25, 0.3) is 0 Å². The molecule has 0 bridgehead atoms. The van der Waals surface area contributed by atoms with Gasteiger partial charge in [-0.2, -0.15) is 0 Å². The van der Waals surface area contributed by atoms with Gasteiger partial charge >= 0.3 is 0 Å². The maximum Gasteiger partial charge on any atom is 0.249 e. The highest BCUT2D eigenvalue weighted by atomic mass is 16.3. The third kappa shape index (κ3) is 27.4. The molecule has 0 aliphatic heterocycles. The van der Waals surface area contributed by atoms with Gasteiger partial charge in [-0.05, 0) is 44.9 Å². The molecule has 0 aromatic rings. The normalized spacial score (nSPS) is 14.3. The fraction of sp³-hybridized carbons (Fsp3) is 0.811. The average Bonchev–Trinajstić information content (AvgIpc) is 2.99. The number of nitrogens with one attached hydrogen (secondary N) is 1. The largest absolute Gasteiger partial charge is 0.394 e. The molecule has 42 heavy (non-hydrogen) atoms. The van der Waals surface area contributed by atoms with Crippen LogP contribution in [0, 0.1) is 0 Å². The summed E-state index contributed by atoms with van der Waals surface area (Å²) in [6, 6.07) is -0.816. The van der Waals surface area contributed by atoms with E-state index in [4.69, 9.17) is 0 Å². The summed E-state index contributed by atoms with van der Waals surface area (Å²) in [5.74, 6) is -0.520. The van der Waals surface area contributed by atoms with E-state index in [1.54, 1.807) is 6.08 Å². The number of hydrogen-bond donors (Lipinski definition) is 4. The van der Waals surface area contributed by atoms with Crippen molar-refractivity contribution in [1.82, 2.24) is 5.32 Å². The minimum atomic E-state index is -1.10. The van der Waals surface area contributed by atoms with E-state index in [0.29, 0.717) is 6.42 Å². The van der Waals surface area contributed by atoms with Crippen molar-refractivity contribution in [2.45, 2.75) is 186 Å². The summed E-state index contributed by atoms with van der Waals surface area (Å²) in [7, 11) is 0. The van der Waals surface area contributed by atoms with Crippen LogP contribution >= 0.6 is 0 Å². The van der Waals surface area contributed by atoms with Crippen molar-refractivity contribution in [3.05, 3.63) is 36.5 Å². The molecule has 3 unspecified atom stereocenters. The van der Waals surface area contributed by atoms with Gasteiger partial charge in [-0.3, -0.25) is 4.79 Å². The molecular weight excluding hydrogens is 522 g/mol. The lowest BCUT2D eigenvalue weighted by molar-refractivity contribution is -0.131. The smallest absolute Gasteiger partial charge is 0.249 e. The van der Waals surface area contributed by atoms with E-state index in [2.05, 4.69) is 43.5 Å². The summed E-state index contributed by atoms with van der Waals surface area (Å²) in [5.41, 5.74) is 0. The van der Waals surface area contributed by atoms with Crippen molar-refractivity contribution >= 4 is 5.91 Å². The van der Waals surface area contributed by atoms with Crippen LogP contribution in [0.5, 0.6) is 0 Å². The standard InChI is InChI=1S/C37H69NO4/c1-3-5-7-9-11-13-15-16-17-18-19-20-22-23-25-27-29-31-35(40)34(33-39)38-37(42)36(41)32-30-28-26-24-21-14-12-10-8-6-4-2/h17-18,22-23,29,31,34-36,39-41H,3-16,19-21,24-28,30,32-33H2,1-2H3,(H,38,42)/b18-17+,23-22+,31-29+. The Labute approximate surface area is 260 Å². The van der Waals surface area contributed by atoms with Gasteiger partial charge in [0.1, 0.15) is 6.10 Å². The molecular formula is C37H69NO4. The summed E-state index contributed by atoms with van der Waals surface area (Å²) < 4.78 is 0. The molecule has 0 aliphatic rings. The minimum Gasteiger partial charge on any atom is -0.394 e. The second-order valence-corrected chi connectivity index (χ2v) is 12.1. The molecule has 0 radical (unpaired) electrons. The number of allylic oxidation sites excluding steroid dienone is 5. The highest BCUT2D eigenvalue weighted by molar-refractivity contribution is 5.80. The monoisotopic (exact) mass is 592 g/mol. The highest BCUT2D eigenvalue weighted by Crippen LogP contribution is 2.13. The lowest BCUT2D eigenvalue weighted by Gasteiger charge is -2.21. The van der Waals surface area contributed by atoms with Crippen molar-refractivity contribution in [2.24, 2.45) is 0 Å². The number of amides is 1. The highest BCUT2D eigenvalue weighted by Gasteiger charge is 2.22. The molecule has 0 aromatic heterocycles. The second kappa shape index (κ2) is 32.5. The number of carbonyl (C=O) groups is 1. The third-order valence-corrected chi connectivity index (χ3v) is 7.96. The summed E-state index contributed by atoms with van der Waals surface area (Å²) in [6.45, 7) is 4.12. The molecule has 0 rings (SSSR count). The molecule has 0 spiro atoms. The zero-order valence-electron chi connectivity index (χ0n) is 27.6. The number of rotatable bonds is 31. The maximum atomic E-state index is 12.3. The Bertz CT molecular complexity index is 660. The van der Waals surface area contributed by atoms with E-state index in [9.17, 15) is 20.1 Å². The van der Waals surface area contributed by atoms with Gasteiger partial charge in [0.15, 0.2) is 0 Å². The number of aliphatic hydroxyl groups is 3. The molecule has 0 aromatic carbocycles. The van der Waals surface area contributed by atoms with Crippen LogP contribution < -0.4 is 5.32 Å². The van der Waals surface area contributed by atoms with Gasteiger partial charge in [0.05, 0.1) is 18.8 Å². The van der Waals surface area contributed by atoms with Crippen LogP contribution in [0.15, 0.2) is 36.5 Å². The lowest BCUT2D eigenvalue weighted by atomic mass is 10.0. The van der Waals surface area contributed by atoms with Gasteiger partial charge < -0.3 is 20.6 Å². The van der Waals surface area contributed by atoms with Crippen LogP contribution in [0.1, 0.15) is 168 Å². The Morgan fingerprint density at radius 3 is 1.45 bits per heavy atom. The first-order valence-electron chi connectivity index (χ1n) is 17.8. The number of unbranched alkanes of at least 4 members (excludes halogenated alkanes) is 19. The van der Waals surface area contributed by atoms with Crippen molar-refractivity contribution in [1.29, 1.82) is 0 Å². The first-order chi connectivity index (χ1) is 20.6. The van der Waals surface area contributed by atoms with Crippen molar-refractivity contribution < 1.29 is 20.1 Å². The Hall–Kier alpha value is -1.43. The van der Waals surface area contributed by atoms with E-state index in [1.165, 1.54) is 103 Å². The molecule has 5 nitrogen and oxygen atoms in total. The lowest BCUT2D eigenvalue weighted by Crippen LogP contribution is -2.48. The maximum absolute atomic E-state index is 12.3. The third-order valence-electron chi connectivity index (χ3n) is 7.96. The summed E-state index contributed by atoms with van der Waals surface area (Å²) in [6.07, 6.45) is 38.7. The first-order valence-corrected chi connectivity index (χ1v) is 17.8. The molecule has 3 atom stereocenters. The zero-order valence-corrected chi connectivity index (χ0v) is 27.6. The van der Waals surface area contributed by atoms with E-state index in [1.807, 2.05) is 6.08 Å². The summed E-state index contributed by atoms with van der Waals surface area (Å²) >= 11 is 0. The van der Waals surface area contributed by atoms with E-state index < -0.39 is 24.2 Å². The molecule has 0 heterocycles. The Kier molecular flexibility index (Phi) is 31.4. The number of hydrogen-bond acceptors (Lipinski definition) is 4. The van der Waals surface area contributed by atoms with Crippen LogP contribution in [0.4, 0.5) is 0 Å². The van der Waals surface area contributed by atoms with E-state index in [0.717, 1.165) is 44.9 Å². The fourth-order valence-corrected chi connectivity index (χ4v) is 5.10. The van der Waals surface area contributed by atoms with Crippen LogP contribution in [-0.2, 0) is 4.79 Å². The predicted molar refractivity (Wildman–Crippen MR) is 181 cm³/mol. The number of aliphatic hydroxyl groups excluding tert-OH is 3. The molecule has 0 aliphatic carbocycles. The Balaban J connectivity index is 3.85. The van der Waals surface area contributed by atoms with Crippen molar-refractivity contribution in [2.75, 3.05) is 6.61 Å². The topological polar surface area (TPSA) is 89.8 Å². The SMILES string of the molecule is CCCCCCCCC/C=C/CC/C=C/CC/C=C/C(O)C(CO)NC(=O)C(O)CCCCCCCCCCCCC. The zero-order chi connectivity index (χ0) is 30.9. The Morgan fingerprint density at radius 2 is 0.976 bits per heavy atom. The van der Waals surface area contributed by atoms with Crippen LogP contribution in [0.2, 0.25) is 0 Å². The van der Waals surface area contributed by atoms with Crippen LogP contribution in [0.25, 0.3) is 0 Å². The van der Waals surface area contributed by atoms with E-state index in [-0.39, 0.29) is 6.61 Å². The average molecular weight is 592 g/mol. The molecule has 246 valence electrons. The number of carbonyl (C=O) groups excluding carboxylic acids is 1. The van der Waals surface area contributed by atoms with Crippen LogP contribution in [0.3, 0.4) is 0 Å². The molecule has 0 saturated heterocycles. The quantitative estimate of drug-likeness (QED) is 0.0478. The minimum absolute atomic E-state index is 0.380. The van der Waals surface area contributed by atoms with Gasteiger partial charge in [-0.1, -0.05) is 159 Å². The van der Waals surface area contributed by atoms with Gasteiger partial charge in [0.2, 0.25) is 5.91 Å². The van der Waals surface area contributed by atoms with Gasteiger partial charge in [-0.25, -0.2) is 0 Å². The van der Waals surface area contributed by atoms with Crippen molar-refractivity contribution in [3.8, 4) is 0 Å². The molecule has 1 amide bonds. The predicted octanol–water partition coefficient (Wildman–Crippen LogP) is 9.26.